The van der Waals surface area contributed by atoms with Crippen LogP contribution in [0.3, 0.4) is 0 Å². The third kappa shape index (κ3) is 2.53. The molecule has 2 aliphatic carbocycles. The van der Waals surface area contributed by atoms with E-state index in [-0.39, 0.29) is 0 Å². The second-order valence-electron chi connectivity index (χ2n) is 5.68. The van der Waals surface area contributed by atoms with Crippen molar-refractivity contribution in [3.8, 4) is 0 Å². The van der Waals surface area contributed by atoms with Crippen LogP contribution in [0.4, 0.5) is 0 Å². The number of rotatable bonds is 2. The van der Waals surface area contributed by atoms with E-state index >= 15 is 0 Å². The van der Waals surface area contributed by atoms with Crippen molar-refractivity contribution in [2.75, 3.05) is 0 Å². The lowest BCUT2D eigenvalue weighted by Gasteiger charge is -2.42. The first-order chi connectivity index (χ1) is 8.15. The monoisotopic (exact) mass is 232 g/mol. The van der Waals surface area contributed by atoms with Crippen molar-refractivity contribution in [2.45, 2.75) is 52.9 Å². The van der Waals surface area contributed by atoms with E-state index in [1.165, 1.54) is 24.0 Å². The summed E-state index contributed by atoms with van der Waals surface area (Å²) >= 11 is 0. The van der Waals surface area contributed by atoms with Crippen molar-refractivity contribution in [1.82, 2.24) is 0 Å². The normalized spacial score (nSPS) is 38.5. The SMILES string of the molecule is C/C=C1/CCC(=O)C/C1=C/C1C(C)CC1CC. The van der Waals surface area contributed by atoms with Gasteiger partial charge in [0.2, 0.25) is 0 Å². The van der Waals surface area contributed by atoms with Gasteiger partial charge in [0.05, 0.1) is 0 Å². The second kappa shape index (κ2) is 5.20. The molecule has 2 rings (SSSR count). The molecule has 0 heterocycles. The maximum absolute atomic E-state index is 11.6. The number of allylic oxidation sites excluding steroid dienone is 4. The molecular formula is C16H24O. The molecule has 0 spiro atoms. The number of carbonyl (C=O) groups excluding carboxylic acids is 1. The minimum absolute atomic E-state index is 0.418. The third-order valence-corrected chi connectivity index (χ3v) is 4.62. The molecule has 17 heavy (non-hydrogen) atoms. The fourth-order valence-electron chi connectivity index (χ4n) is 3.38. The van der Waals surface area contributed by atoms with Crippen molar-refractivity contribution >= 4 is 5.78 Å². The average Bonchev–Trinajstić information content (AvgIpc) is 2.33. The van der Waals surface area contributed by atoms with Gasteiger partial charge in [-0.15, -0.1) is 0 Å². The maximum atomic E-state index is 11.6. The molecule has 2 saturated carbocycles. The number of carbonyl (C=O) groups is 1. The second-order valence-corrected chi connectivity index (χ2v) is 5.68. The lowest BCUT2D eigenvalue weighted by Crippen LogP contribution is -2.33. The summed E-state index contributed by atoms with van der Waals surface area (Å²) in [6, 6.07) is 0. The third-order valence-electron chi connectivity index (χ3n) is 4.62. The molecular weight excluding hydrogens is 208 g/mol. The van der Waals surface area contributed by atoms with Crippen LogP contribution in [-0.2, 0) is 4.79 Å². The highest BCUT2D eigenvalue weighted by atomic mass is 16.1. The Bertz CT molecular complexity index is 362. The zero-order chi connectivity index (χ0) is 12.4. The van der Waals surface area contributed by atoms with E-state index < -0.39 is 0 Å². The first-order valence-corrected chi connectivity index (χ1v) is 7.03. The smallest absolute Gasteiger partial charge is 0.137 e. The molecule has 0 N–H and O–H groups in total. The largest absolute Gasteiger partial charge is 0.299 e. The van der Waals surface area contributed by atoms with E-state index in [4.69, 9.17) is 0 Å². The lowest BCUT2D eigenvalue weighted by molar-refractivity contribution is -0.118. The summed E-state index contributed by atoms with van der Waals surface area (Å²) in [5, 5.41) is 0. The molecule has 0 aliphatic heterocycles. The highest BCUT2D eigenvalue weighted by molar-refractivity contribution is 5.84. The van der Waals surface area contributed by atoms with Gasteiger partial charge >= 0.3 is 0 Å². The van der Waals surface area contributed by atoms with Crippen LogP contribution in [-0.4, -0.2) is 5.78 Å². The number of ketones is 1. The van der Waals surface area contributed by atoms with Crippen LogP contribution in [0, 0.1) is 17.8 Å². The van der Waals surface area contributed by atoms with Crippen molar-refractivity contribution in [2.24, 2.45) is 17.8 Å². The Labute approximate surface area is 105 Å². The topological polar surface area (TPSA) is 17.1 Å². The summed E-state index contributed by atoms with van der Waals surface area (Å²) in [6.07, 6.45) is 9.64. The van der Waals surface area contributed by atoms with Crippen LogP contribution in [0.5, 0.6) is 0 Å². The Kier molecular flexibility index (Phi) is 3.86. The standard InChI is InChI=1S/C16H24O/c1-4-12-6-7-15(17)9-14(12)10-16-11(3)8-13(16)5-2/h4,10-11,13,16H,5-9H2,1-3H3/b12-4-,14-10-. The van der Waals surface area contributed by atoms with E-state index in [9.17, 15) is 4.79 Å². The van der Waals surface area contributed by atoms with Crippen molar-refractivity contribution in [3.63, 3.8) is 0 Å². The molecule has 2 aliphatic rings. The summed E-state index contributed by atoms with van der Waals surface area (Å²) in [7, 11) is 0. The quantitative estimate of drug-likeness (QED) is 0.694. The van der Waals surface area contributed by atoms with Gasteiger partial charge in [-0.1, -0.05) is 32.4 Å². The minimum Gasteiger partial charge on any atom is -0.299 e. The van der Waals surface area contributed by atoms with E-state index in [0.29, 0.717) is 12.2 Å². The predicted molar refractivity (Wildman–Crippen MR) is 71.8 cm³/mol. The van der Waals surface area contributed by atoms with Gasteiger partial charge in [-0.3, -0.25) is 4.79 Å². The Morgan fingerprint density at radius 1 is 1.29 bits per heavy atom. The summed E-state index contributed by atoms with van der Waals surface area (Å²) in [4.78, 5) is 11.6. The molecule has 0 aromatic rings. The van der Waals surface area contributed by atoms with Gasteiger partial charge in [0.25, 0.3) is 0 Å². The van der Waals surface area contributed by atoms with Gasteiger partial charge < -0.3 is 0 Å². The lowest BCUT2D eigenvalue weighted by atomic mass is 9.63. The summed E-state index contributed by atoms with van der Waals surface area (Å²) in [6.45, 7) is 6.72. The van der Waals surface area contributed by atoms with Crippen molar-refractivity contribution in [3.05, 3.63) is 23.3 Å². The van der Waals surface area contributed by atoms with Crippen LogP contribution >= 0.6 is 0 Å². The molecule has 2 fully saturated rings. The molecule has 3 atom stereocenters. The van der Waals surface area contributed by atoms with E-state index in [0.717, 1.165) is 30.6 Å². The summed E-state index contributed by atoms with van der Waals surface area (Å²) in [5.74, 6) is 2.80. The number of Topliss-reactive ketones (excluding diaryl/α,β-unsaturated/α-hetero) is 1. The Balaban J connectivity index is 2.15. The van der Waals surface area contributed by atoms with Gasteiger partial charge in [-0.25, -0.2) is 0 Å². The van der Waals surface area contributed by atoms with Crippen LogP contribution in [0.15, 0.2) is 23.3 Å². The van der Waals surface area contributed by atoms with Crippen molar-refractivity contribution < 1.29 is 4.79 Å². The molecule has 1 heteroatoms. The number of hydrogen-bond donors (Lipinski definition) is 0. The van der Waals surface area contributed by atoms with Gasteiger partial charge in [-0.05, 0) is 48.7 Å². The number of hydrogen-bond acceptors (Lipinski definition) is 1. The minimum atomic E-state index is 0.418. The van der Waals surface area contributed by atoms with Crippen LogP contribution in [0.2, 0.25) is 0 Å². The summed E-state index contributed by atoms with van der Waals surface area (Å²) in [5.41, 5.74) is 2.75. The van der Waals surface area contributed by atoms with Crippen LogP contribution in [0.1, 0.15) is 52.9 Å². The van der Waals surface area contributed by atoms with Crippen molar-refractivity contribution in [1.29, 1.82) is 0 Å². The predicted octanol–water partition coefficient (Wildman–Crippen LogP) is 4.29. The molecule has 1 nitrogen and oxygen atoms in total. The highest BCUT2D eigenvalue weighted by Gasteiger charge is 2.35. The van der Waals surface area contributed by atoms with Crippen LogP contribution in [0.25, 0.3) is 0 Å². The van der Waals surface area contributed by atoms with E-state index in [2.05, 4.69) is 32.9 Å². The molecule has 0 bridgehead atoms. The zero-order valence-electron chi connectivity index (χ0n) is 11.3. The zero-order valence-corrected chi connectivity index (χ0v) is 11.3. The van der Waals surface area contributed by atoms with Gasteiger partial charge in [-0.2, -0.15) is 0 Å². The Hall–Kier alpha value is -0.850. The average molecular weight is 232 g/mol. The van der Waals surface area contributed by atoms with Crippen LogP contribution < -0.4 is 0 Å². The highest BCUT2D eigenvalue weighted by Crippen LogP contribution is 2.44. The van der Waals surface area contributed by atoms with Gasteiger partial charge in [0.15, 0.2) is 0 Å². The Morgan fingerprint density at radius 2 is 2.06 bits per heavy atom. The van der Waals surface area contributed by atoms with Gasteiger partial charge in [0.1, 0.15) is 5.78 Å². The first kappa shape index (κ1) is 12.6. The maximum Gasteiger partial charge on any atom is 0.137 e. The molecule has 0 aromatic carbocycles. The molecule has 0 radical (unpaired) electrons. The fraction of sp³-hybridized carbons (Fsp3) is 0.688. The van der Waals surface area contributed by atoms with E-state index in [1.54, 1.807) is 0 Å². The Morgan fingerprint density at radius 3 is 2.65 bits per heavy atom. The molecule has 0 saturated heterocycles. The molecule has 94 valence electrons. The first-order valence-electron chi connectivity index (χ1n) is 7.03. The van der Waals surface area contributed by atoms with E-state index in [1.807, 2.05) is 0 Å². The fourth-order valence-corrected chi connectivity index (χ4v) is 3.38. The molecule has 3 unspecified atom stereocenters. The van der Waals surface area contributed by atoms with Gasteiger partial charge in [0, 0.05) is 12.8 Å². The molecule has 0 amide bonds. The molecule has 0 aromatic heterocycles. The summed E-state index contributed by atoms with van der Waals surface area (Å²) < 4.78 is 0.